The van der Waals surface area contributed by atoms with Crippen molar-refractivity contribution in [1.82, 2.24) is 5.32 Å². The highest BCUT2D eigenvalue weighted by atomic mass is 32.2. The van der Waals surface area contributed by atoms with Crippen molar-refractivity contribution in [2.75, 3.05) is 7.11 Å². The zero-order valence-electron chi connectivity index (χ0n) is 15.6. The Bertz CT molecular complexity index is 946. The first kappa shape index (κ1) is 20.4. The number of rotatable bonds is 8. The molecule has 0 aliphatic carbocycles. The fourth-order valence-electron chi connectivity index (χ4n) is 2.51. The molecule has 2 aromatic carbocycles. The van der Waals surface area contributed by atoms with Gasteiger partial charge < -0.3 is 19.9 Å². The van der Waals surface area contributed by atoms with E-state index in [-0.39, 0.29) is 17.5 Å². The first-order chi connectivity index (χ1) is 14.0. The van der Waals surface area contributed by atoms with Gasteiger partial charge in [0.05, 0.1) is 19.7 Å². The van der Waals surface area contributed by atoms with E-state index in [1.165, 1.54) is 6.21 Å². The van der Waals surface area contributed by atoms with Crippen molar-refractivity contribution in [3.63, 3.8) is 0 Å². The van der Waals surface area contributed by atoms with E-state index in [1.807, 2.05) is 30.3 Å². The molecule has 150 valence electrons. The molecule has 1 saturated heterocycles. The van der Waals surface area contributed by atoms with Crippen LogP contribution >= 0.6 is 11.8 Å². The van der Waals surface area contributed by atoms with Gasteiger partial charge in [-0.25, -0.2) is 0 Å². The predicted octanol–water partition coefficient (Wildman–Crippen LogP) is 2.67. The lowest BCUT2D eigenvalue weighted by Crippen LogP contribution is -2.26. The number of hydrogen-bond acceptors (Lipinski definition) is 7. The molecule has 1 unspecified atom stereocenters. The van der Waals surface area contributed by atoms with Crippen molar-refractivity contribution in [3.8, 4) is 11.5 Å². The highest BCUT2D eigenvalue weighted by molar-refractivity contribution is 8.15. The minimum Gasteiger partial charge on any atom is -0.493 e. The summed E-state index contributed by atoms with van der Waals surface area (Å²) in [6.45, 7) is 0.423. The Morgan fingerprint density at radius 3 is 2.76 bits per heavy atom. The molecule has 0 saturated carbocycles. The van der Waals surface area contributed by atoms with Crippen molar-refractivity contribution >= 4 is 35.0 Å². The largest absolute Gasteiger partial charge is 0.493 e. The van der Waals surface area contributed by atoms with Gasteiger partial charge in [0.15, 0.2) is 16.7 Å². The van der Waals surface area contributed by atoms with Crippen LogP contribution in [0.4, 0.5) is 0 Å². The molecule has 1 amide bonds. The lowest BCUT2D eigenvalue weighted by Gasteiger charge is -2.11. The number of hydrogen-bond donors (Lipinski definition) is 2. The van der Waals surface area contributed by atoms with Gasteiger partial charge in [0.2, 0.25) is 5.91 Å². The quantitative estimate of drug-likeness (QED) is 0.509. The zero-order valence-corrected chi connectivity index (χ0v) is 16.4. The highest BCUT2D eigenvalue weighted by Gasteiger charge is 2.32. The Balaban J connectivity index is 1.62. The van der Waals surface area contributed by atoms with Crippen molar-refractivity contribution in [1.29, 1.82) is 0 Å². The van der Waals surface area contributed by atoms with E-state index < -0.39 is 11.2 Å². The van der Waals surface area contributed by atoms with Crippen molar-refractivity contribution in [2.45, 2.75) is 18.3 Å². The number of methoxy groups -OCH3 is 1. The predicted molar refractivity (Wildman–Crippen MR) is 111 cm³/mol. The van der Waals surface area contributed by atoms with Gasteiger partial charge in [-0.1, -0.05) is 42.1 Å². The van der Waals surface area contributed by atoms with Gasteiger partial charge in [-0.15, -0.1) is 5.10 Å². The van der Waals surface area contributed by atoms with Gasteiger partial charge in [-0.3, -0.25) is 9.59 Å². The molecule has 0 radical (unpaired) electrons. The molecule has 29 heavy (non-hydrogen) atoms. The van der Waals surface area contributed by atoms with E-state index >= 15 is 0 Å². The molecule has 2 N–H and O–H groups in total. The van der Waals surface area contributed by atoms with Crippen LogP contribution in [0.2, 0.25) is 0 Å². The first-order valence-electron chi connectivity index (χ1n) is 8.70. The maximum absolute atomic E-state index is 11.7. The number of amides is 1. The van der Waals surface area contributed by atoms with Crippen LogP contribution in [0, 0.1) is 0 Å². The van der Waals surface area contributed by atoms with E-state index in [2.05, 4.69) is 15.5 Å². The van der Waals surface area contributed by atoms with Gasteiger partial charge in [-0.05, 0) is 29.3 Å². The molecule has 0 aromatic heterocycles. The van der Waals surface area contributed by atoms with Crippen LogP contribution in [0.25, 0.3) is 0 Å². The third-order valence-electron chi connectivity index (χ3n) is 3.92. The molecular weight excluding hydrogens is 394 g/mol. The third-order valence-corrected chi connectivity index (χ3v) is 4.99. The first-order valence-corrected chi connectivity index (χ1v) is 9.58. The molecule has 1 fully saturated rings. The number of carboxylic acid groups (broad SMARTS) is 1. The summed E-state index contributed by atoms with van der Waals surface area (Å²) in [5.41, 5.74) is 1.78. The SMILES string of the molecule is COc1cc(/C=N/N=C2/NC(=O)C(CC(=O)O)S2)ccc1OCc1ccccc1. The Kier molecular flexibility index (Phi) is 6.85. The van der Waals surface area contributed by atoms with E-state index in [9.17, 15) is 9.59 Å². The van der Waals surface area contributed by atoms with Gasteiger partial charge in [0.25, 0.3) is 0 Å². The summed E-state index contributed by atoms with van der Waals surface area (Å²) in [5, 5.41) is 18.8. The third kappa shape index (κ3) is 5.82. The van der Waals surface area contributed by atoms with Crippen LogP contribution in [-0.4, -0.2) is 40.7 Å². The molecule has 1 heterocycles. The summed E-state index contributed by atoms with van der Waals surface area (Å²) in [7, 11) is 1.55. The fraction of sp³-hybridized carbons (Fsp3) is 0.200. The standard InChI is InChI=1S/C20H19N3O5S/c1-27-16-9-14(7-8-15(16)28-12-13-5-3-2-4-6-13)11-21-23-20-22-19(26)17(29-20)10-18(24)25/h2-9,11,17H,10,12H2,1H3,(H,24,25)(H,22,23,26)/b21-11+. The molecule has 9 heteroatoms. The van der Waals surface area contributed by atoms with Crippen LogP contribution in [0.5, 0.6) is 11.5 Å². The molecule has 0 spiro atoms. The highest BCUT2D eigenvalue weighted by Crippen LogP contribution is 2.28. The Hall–Kier alpha value is -3.33. The minimum absolute atomic E-state index is 0.263. The summed E-state index contributed by atoms with van der Waals surface area (Å²) >= 11 is 1.05. The average molecular weight is 413 g/mol. The van der Waals surface area contributed by atoms with Crippen molar-refractivity contribution < 1.29 is 24.2 Å². The fourth-order valence-corrected chi connectivity index (χ4v) is 3.43. The molecular formula is C20H19N3O5S. The lowest BCUT2D eigenvalue weighted by molar-refractivity contribution is -0.138. The van der Waals surface area contributed by atoms with E-state index in [1.54, 1.807) is 25.3 Å². The number of thioether (sulfide) groups is 1. The number of ether oxygens (including phenoxy) is 2. The van der Waals surface area contributed by atoms with E-state index in [4.69, 9.17) is 14.6 Å². The van der Waals surface area contributed by atoms with Crippen molar-refractivity contribution in [3.05, 3.63) is 59.7 Å². The number of nitrogens with one attached hydrogen (secondary N) is 1. The second-order valence-corrected chi connectivity index (χ2v) is 7.22. The average Bonchev–Trinajstić information content (AvgIpc) is 3.06. The van der Waals surface area contributed by atoms with Crippen LogP contribution in [-0.2, 0) is 16.2 Å². The van der Waals surface area contributed by atoms with E-state index in [0.29, 0.717) is 18.1 Å². The minimum atomic E-state index is -1.04. The molecule has 1 aliphatic rings. The Labute approximate surface area is 171 Å². The molecule has 1 atom stereocenters. The van der Waals surface area contributed by atoms with Gasteiger partial charge in [-0.2, -0.15) is 5.10 Å². The maximum Gasteiger partial charge on any atom is 0.305 e. The lowest BCUT2D eigenvalue weighted by atomic mass is 10.2. The number of amidine groups is 1. The van der Waals surface area contributed by atoms with Gasteiger partial charge >= 0.3 is 5.97 Å². The zero-order chi connectivity index (χ0) is 20.6. The molecule has 3 rings (SSSR count). The van der Waals surface area contributed by atoms with Crippen LogP contribution < -0.4 is 14.8 Å². The monoisotopic (exact) mass is 413 g/mol. The molecule has 8 nitrogen and oxygen atoms in total. The van der Waals surface area contributed by atoms with Crippen LogP contribution in [0.3, 0.4) is 0 Å². The van der Waals surface area contributed by atoms with Crippen LogP contribution in [0.15, 0.2) is 58.7 Å². The number of aliphatic carboxylic acids is 1. The topological polar surface area (TPSA) is 110 Å². The summed E-state index contributed by atoms with van der Waals surface area (Å²) in [6, 6.07) is 15.2. The smallest absolute Gasteiger partial charge is 0.305 e. The van der Waals surface area contributed by atoms with Gasteiger partial charge in [0, 0.05) is 0 Å². The number of carbonyl (C=O) groups is 2. The van der Waals surface area contributed by atoms with Crippen LogP contribution in [0.1, 0.15) is 17.5 Å². The number of carboxylic acids is 1. The van der Waals surface area contributed by atoms with E-state index in [0.717, 1.165) is 22.9 Å². The summed E-state index contributed by atoms with van der Waals surface area (Å²) in [5.74, 6) is -0.255. The van der Waals surface area contributed by atoms with Gasteiger partial charge in [0.1, 0.15) is 11.9 Å². The molecule has 1 aliphatic heterocycles. The normalized spacial score (nSPS) is 17.5. The number of benzene rings is 2. The number of carbonyl (C=O) groups excluding carboxylic acids is 1. The Morgan fingerprint density at radius 1 is 1.24 bits per heavy atom. The second kappa shape index (κ2) is 9.74. The maximum atomic E-state index is 11.7. The summed E-state index contributed by atoms with van der Waals surface area (Å²) in [6.07, 6.45) is 1.24. The number of nitrogens with zero attached hydrogens (tertiary/aromatic N) is 2. The molecule has 2 aromatic rings. The summed E-state index contributed by atoms with van der Waals surface area (Å²) in [4.78, 5) is 22.4. The van der Waals surface area contributed by atoms with Crippen molar-refractivity contribution in [2.24, 2.45) is 10.2 Å². The Morgan fingerprint density at radius 2 is 2.03 bits per heavy atom. The summed E-state index contributed by atoms with van der Waals surface area (Å²) < 4.78 is 11.2. The second-order valence-electron chi connectivity index (χ2n) is 6.03. The molecule has 0 bridgehead atoms.